The van der Waals surface area contributed by atoms with Gasteiger partial charge in [0, 0.05) is 55.0 Å². The number of nitrogens with two attached hydrogens (primary N) is 1. The third-order valence-electron chi connectivity index (χ3n) is 6.79. The van der Waals surface area contributed by atoms with E-state index in [2.05, 4.69) is 11.1 Å². The van der Waals surface area contributed by atoms with Crippen LogP contribution in [0.4, 0.5) is 5.69 Å². The number of pyridine rings is 1. The molecule has 3 aromatic rings. The predicted molar refractivity (Wildman–Crippen MR) is 159 cm³/mol. The minimum absolute atomic E-state index is 0.0811. The maximum Gasteiger partial charge on any atom is 0.258 e. The van der Waals surface area contributed by atoms with E-state index in [-0.39, 0.29) is 30.2 Å². The summed E-state index contributed by atoms with van der Waals surface area (Å²) in [5.74, 6) is 0.0725. The second-order valence-corrected chi connectivity index (χ2v) is 12.3. The summed E-state index contributed by atoms with van der Waals surface area (Å²) in [5.41, 5.74) is 9.39. The Labute approximate surface area is 234 Å². The molecule has 208 valence electrons. The second-order valence-electron chi connectivity index (χ2n) is 10.1. The van der Waals surface area contributed by atoms with Crippen LogP contribution in [0.5, 0.6) is 0 Å². The number of benzene rings is 2. The summed E-state index contributed by atoms with van der Waals surface area (Å²) < 4.78 is 24.5. The van der Waals surface area contributed by atoms with Crippen LogP contribution in [0.1, 0.15) is 44.2 Å². The highest BCUT2D eigenvalue weighted by Gasteiger charge is 2.23. The molecule has 40 heavy (non-hydrogen) atoms. The van der Waals surface area contributed by atoms with Gasteiger partial charge in [-0.15, -0.1) is 0 Å². The Bertz CT molecular complexity index is 1740. The van der Waals surface area contributed by atoms with Gasteiger partial charge in [0.1, 0.15) is 15.7 Å². The molecule has 0 aliphatic carbocycles. The largest absolute Gasteiger partial charge is 0.387 e. The molecule has 0 saturated heterocycles. The molecule has 9 nitrogen and oxygen atoms in total. The van der Waals surface area contributed by atoms with E-state index in [1.807, 2.05) is 30.9 Å². The first-order valence-electron chi connectivity index (χ1n) is 13.3. The summed E-state index contributed by atoms with van der Waals surface area (Å²) >= 11 is 0. The summed E-state index contributed by atoms with van der Waals surface area (Å²) in [6, 6.07) is 12.9. The van der Waals surface area contributed by atoms with Crippen LogP contribution in [0.2, 0.25) is 0 Å². The van der Waals surface area contributed by atoms with Crippen molar-refractivity contribution >= 4 is 44.1 Å². The van der Waals surface area contributed by atoms with E-state index in [4.69, 9.17) is 5.73 Å². The molecule has 0 radical (unpaired) electrons. The highest BCUT2D eigenvalue weighted by molar-refractivity contribution is 7.90. The maximum absolute atomic E-state index is 13.3. The Morgan fingerprint density at radius 1 is 1.12 bits per heavy atom. The van der Waals surface area contributed by atoms with Crippen molar-refractivity contribution in [2.45, 2.75) is 39.7 Å². The van der Waals surface area contributed by atoms with Crippen molar-refractivity contribution in [1.82, 2.24) is 9.47 Å². The number of rotatable bonds is 9. The van der Waals surface area contributed by atoms with E-state index in [0.29, 0.717) is 52.1 Å². The quantitative estimate of drug-likeness (QED) is 0.420. The molecule has 0 atom stereocenters. The van der Waals surface area contributed by atoms with Crippen molar-refractivity contribution in [3.8, 4) is 17.2 Å². The number of nitrogens with zero attached hydrogens (tertiary/aromatic N) is 4. The van der Waals surface area contributed by atoms with Crippen molar-refractivity contribution in [3.63, 3.8) is 0 Å². The van der Waals surface area contributed by atoms with E-state index in [1.165, 1.54) is 4.57 Å². The van der Waals surface area contributed by atoms with Gasteiger partial charge in [0.25, 0.3) is 5.56 Å². The van der Waals surface area contributed by atoms with Crippen molar-refractivity contribution in [2.75, 3.05) is 25.1 Å². The lowest BCUT2D eigenvalue weighted by molar-refractivity contribution is -0.127. The van der Waals surface area contributed by atoms with Crippen LogP contribution < -0.4 is 11.3 Å². The summed E-state index contributed by atoms with van der Waals surface area (Å²) in [5, 5.41) is 11.2. The summed E-state index contributed by atoms with van der Waals surface area (Å²) in [6.45, 7) is 5.42. The molecule has 2 aromatic carbocycles. The van der Waals surface area contributed by atoms with Crippen molar-refractivity contribution < 1.29 is 13.2 Å². The number of sulfone groups is 1. The van der Waals surface area contributed by atoms with Crippen LogP contribution in [0.3, 0.4) is 0 Å². The summed E-state index contributed by atoms with van der Waals surface area (Å²) in [7, 11) is -3.20. The lowest BCUT2D eigenvalue weighted by Gasteiger charge is -2.22. The molecule has 0 bridgehead atoms. The Morgan fingerprint density at radius 3 is 2.50 bits per heavy atom. The fourth-order valence-electron chi connectivity index (χ4n) is 4.86. The van der Waals surface area contributed by atoms with Crippen LogP contribution in [0.25, 0.3) is 28.0 Å². The van der Waals surface area contributed by atoms with E-state index in [0.717, 1.165) is 30.2 Å². The molecular weight excluding hydrogens is 526 g/mol. The average Bonchev–Trinajstić information content (AvgIpc) is 3.08. The van der Waals surface area contributed by atoms with E-state index in [1.54, 1.807) is 36.5 Å². The van der Waals surface area contributed by atoms with Gasteiger partial charge in [-0.05, 0) is 65.8 Å². The average molecular weight is 560 g/mol. The fourth-order valence-corrected chi connectivity index (χ4v) is 5.39. The van der Waals surface area contributed by atoms with E-state index in [9.17, 15) is 23.3 Å². The van der Waals surface area contributed by atoms with Crippen LogP contribution in [0.15, 0.2) is 58.0 Å². The van der Waals surface area contributed by atoms with Gasteiger partial charge in [-0.25, -0.2) is 13.4 Å². The predicted octanol–water partition coefficient (Wildman–Crippen LogP) is 4.01. The normalized spacial score (nSPS) is 13.2. The van der Waals surface area contributed by atoms with Gasteiger partial charge >= 0.3 is 0 Å². The van der Waals surface area contributed by atoms with Gasteiger partial charge in [0.2, 0.25) is 5.91 Å². The van der Waals surface area contributed by atoms with Gasteiger partial charge in [-0.1, -0.05) is 19.9 Å². The summed E-state index contributed by atoms with van der Waals surface area (Å²) in [6.07, 6.45) is 6.34. The number of aryl methyl sites for hydroxylation is 1. The van der Waals surface area contributed by atoms with Gasteiger partial charge in [0.05, 0.1) is 23.1 Å². The topological polar surface area (TPSA) is 139 Å². The molecule has 1 aliphatic rings. The van der Waals surface area contributed by atoms with Crippen molar-refractivity contribution in [1.29, 1.82) is 5.26 Å². The number of amidine groups is 1. The van der Waals surface area contributed by atoms with Crippen molar-refractivity contribution in [3.05, 3.63) is 69.6 Å². The molecule has 2 N–H and O–H groups in total. The van der Waals surface area contributed by atoms with E-state index >= 15 is 0 Å². The number of carbonyl (C=O) groups is 1. The number of hydrogen-bond donors (Lipinski definition) is 1. The zero-order chi connectivity index (χ0) is 29.0. The Kier molecular flexibility index (Phi) is 8.55. The number of aromatic nitrogens is 1. The van der Waals surface area contributed by atoms with Crippen LogP contribution >= 0.6 is 0 Å². The van der Waals surface area contributed by atoms with Gasteiger partial charge in [-0.2, -0.15) is 5.26 Å². The standard InChI is InChI=1S/C30H33N5O4S/c1-4-9-34(10-5-2)29(36)23-16-26-24(19-31)15-22(17-27(26)33-28(32)18-23)20-6-7-25-21(14-20)8-11-35(30(25)37)12-13-40(3,38)39/h6-8,11,14-17H,4-5,9-10,12-13,18H2,1-3H3,(H2,32,33). The minimum Gasteiger partial charge on any atom is -0.387 e. The fraction of sp³-hybridized carbons (Fsp3) is 0.333. The Hall–Kier alpha value is -4.23. The van der Waals surface area contributed by atoms with Gasteiger partial charge in [-0.3, -0.25) is 9.59 Å². The molecule has 4 rings (SSSR count). The smallest absolute Gasteiger partial charge is 0.258 e. The third kappa shape index (κ3) is 6.32. The number of amides is 1. The van der Waals surface area contributed by atoms with Gasteiger partial charge < -0.3 is 15.2 Å². The lowest BCUT2D eigenvalue weighted by Crippen LogP contribution is -2.34. The molecular formula is C30H33N5O4S. The monoisotopic (exact) mass is 559 g/mol. The number of fused-ring (bicyclic) bond motifs is 2. The highest BCUT2D eigenvalue weighted by atomic mass is 32.2. The van der Waals surface area contributed by atoms with Crippen LogP contribution in [0, 0.1) is 11.3 Å². The molecule has 10 heteroatoms. The van der Waals surface area contributed by atoms with Crippen molar-refractivity contribution in [2.24, 2.45) is 10.7 Å². The van der Waals surface area contributed by atoms with E-state index < -0.39 is 9.84 Å². The first-order chi connectivity index (χ1) is 19.0. The SMILES string of the molecule is CCCN(CCC)C(=O)C1=Cc2c(C#N)cc(-c3ccc4c(=O)n(CCS(C)(=O)=O)ccc4c3)cc2N=C(N)C1. The first kappa shape index (κ1) is 28.8. The minimum atomic E-state index is -3.20. The number of carbonyl (C=O) groups excluding carboxylic acids is 1. The first-order valence-corrected chi connectivity index (χ1v) is 15.3. The van der Waals surface area contributed by atoms with Crippen LogP contribution in [-0.2, 0) is 21.2 Å². The molecule has 1 aromatic heterocycles. The summed E-state index contributed by atoms with van der Waals surface area (Å²) in [4.78, 5) is 32.7. The van der Waals surface area contributed by atoms with Gasteiger partial charge in [0.15, 0.2) is 0 Å². The Morgan fingerprint density at radius 2 is 1.85 bits per heavy atom. The molecule has 1 aliphatic heterocycles. The number of hydrogen-bond acceptors (Lipinski definition) is 7. The molecule has 0 spiro atoms. The lowest BCUT2D eigenvalue weighted by atomic mass is 9.95. The molecule has 1 amide bonds. The maximum atomic E-state index is 13.3. The third-order valence-corrected chi connectivity index (χ3v) is 7.72. The Balaban J connectivity index is 1.76. The molecule has 2 heterocycles. The molecule has 0 saturated carbocycles. The number of aliphatic imine (C=N–C) groups is 1. The zero-order valence-electron chi connectivity index (χ0n) is 23.0. The molecule has 0 unspecified atom stereocenters. The zero-order valence-corrected chi connectivity index (χ0v) is 23.8. The number of nitriles is 1. The molecule has 0 fully saturated rings. The highest BCUT2D eigenvalue weighted by Crippen LogP contribution is 2.35. The van der Waals surface area contributed by atoms with Crippen LogP contribution in [-0.4, -0.2) is 54.7 Å². The second kappa shape index (κ2) is 11.9.